The van der Waals surface area contributed by atoms with Crippen LogP contribution in [0, 0.1) is 6.07 Å². The van der Waals surface area contributed by atoms with Gasteiger partial charge in [0, 0.05) is 0 Å². The van der Waals surface area contributed by atoms with Crippen LogP contribution in [-0.4, -0.2) is 6.61 Å². The lowest BCUT2D eigenvalue weighted by atomic mass is 10.1. The molecule has 0 amide bonds. The first-order valence-electron chi connectivity index (χ1n) is 4.54. The molecule has 1 heteroatoms. The summed E-state index contributed by atoms with van der Waals surface area (Å²) in [7, 11) is 0. The molecule has 0 spiro atoms. The van der Waals surface area contributed by atoms with Gasteiger partial charge in [0.05, 0.1) is 0 Å². The standard InChI is InChI=1S/C13H11O/c1-2-9-14-13-8-7-11-5-3-4-6-12(11)10-13/h2-6,8,10H,1,9H2. The number of hydrogen-bond acceptors (Lipinski definition) is 1. The second-order valence-electron chi connectivity index (χ2n) is 3.02. The molecule has 0 aromatic heterocycles. The zero-order chi connectivity index (χ0) is 9.80. The smallest absolute Gasteiger partial charge is 0.121 e. The highest BCUT2D eigenvalue weighted by atomic mass is 16.5. The first kappa shape index (κ1) is 8.82. The van der Waals surface area contributed by atoms with E-state index in [0.29, 0.717) is 6.61 Å². The summed E-state index contributed by atoms with van der Waals surface area (Å²) in [6.07, 6.45) is 1.73. The Morgan fingerprint density at radius 1 is 1.36 bits per heavy atom. The topological polar surface area (TPSA) is 9.23 Å². The van der Waals surface area contributed by atoms with Crippen LogP contribution in [-0.2, 0) is 0 Å². The predicted octanol–water partition coefficient (Wildman–Crippen LogP) is 3.20. The lowest BCUT2D eigenvalue weighted by Gasteiger charge is -2.03. The average Bonchev–Trinajstić information content (AvgIpc) is 2.26. The summed E-state index contributed by atoms with van der Waals surface area (Å²) in [4.78, 5) is 0. The fourth-order valence-corrected chi connectivity index (χ4v) is 1.34. The van der Waals surface area contributed by atoms with E-state index in [9.17, 15) is 0 Å². The first-order valence-corrected chi connectivity index (χ1v) is 4.54. The van der Waals surface area contributed by atoms with Crippen molar-refractivity contribution in [2.24, 2.45) is 0 Å². The molecular formula is C13H11O. The van der Waals surface area contributed by atoms with Crippen molar-refractivity contribution >= 4 is 10.8 Å². The lowest BCUT2D eigenvalue weighted by molar-refractivity contribution is 0.363. The molecule has 2 aromatic rings. The van der Waals surface area contributed by atoms with Crippen molar-refractivity contribution in [3.63, 3.8) is 0 Å². The minimum absolute atomic E-state index is 0.534. The summed E-state index contributed by atoms with van der Waals surface area (Å²) >= 11 is 0. The number of fused-ring (bicyclic) bond motifs is 1. The summed E-state index contributed by atoms with van der Waals surface area (Å²) in [5.41, 5.74) is 0. The third-order valence-electron chi connectivity index (χ3n) is 2.00. The highest BCUT2D eigenvalue weighted by molar-refractivity contribution is 5.83. The monoisotopic (exact) mass is 183 g/mol. The third kappa shape index (κ3) is 1.77. The van der Waals surface area contributed by atoms with Crippen LogP contribution < -0.4 is 4.74 Å². The Labute approximate surface area is 83.6 Å². The van der Waals surface area contributed by atoms with Crippen LogP contribution in [0.1, 0.15) is 0 Å². The van der Waals surface area contributed by atoms with Crippen molar-refractivity contribution in [2.75, 3.05) is 6.61 Å². The van der Waals surface area contributed by atoms with E-state index in [2.05, 4.69) is 12.6 Å². The number of hydrogen-bond donors (Lipinski definition) is 0. The summed E-state index contributed by atoms with van der Waals surface area (Å²) in [6.45, 7) is 4.14. The van der Waals surface area contributed by atoms with Crippen LogP contribution in [0.25, 0.3) is 10.8 Å². The van der Waals surface area contributed by atoms with Crippen LogP contribution >= 0.6 is 0 Å². The molecule has 0 saturated carbocycles. The van der Waals surface area contributed by atoms with E-state index in [-0.39, 0.29) is 0 Å². The molecule has 0 fully saturated rings. The Kier molecular flexibility index (Phi) is 2.50. The molecule has 0 atom stereocenters. The van der Waals surface area contributed by atoms with Gasteiger partial charge in [0.15, 0.2) is 0 Å². The molecule has 0 aliphatic heterocycles. The van der Waals surface area contributed by atoms with Gasteiger partial charge in [-0.25, -0.2) is 0 Å². The minimum atomic E-state index is 0.534. The Bertz CT molecular complexity index is 446. The van der Waals surface area contributed by atoms with E-state index >= 15 is 0 Å². The van der Waals surface area contributed by atoms with Gasteiger partial charge in [-0.15, -0.1) is 0 Å². The zero-order valence-corrected chi connectivity index (χ0v) is 7.86. The van der Waals surface area contributed by atoms with E-state index in [0.717, 1.165) is 16.5 Å². The third-order valence-corrected chi connectivity index (χ3v) is 2.00. The summed E-state index contributed by atoms with van der Waals surface area (Å²) in [5.74, 6) is 0.837. The zero-order valence-electron chi connectivity index (χ0n) is 7.86. The van der Waals surface area contributed by atoms with Gasteiger partial charge in [-0.3, -0.25) is 0 Å². The molecule has 0 bridgehead atoms. The first-order chi connectivity index (χ1) is 6.90. The number of rotatable bonds is 3. The van der Waals surface area contributed by atoms with Crippen LogP contribution in [0.2, 0.25) is 0 Å². The fraction of sp³-hybridized carbons (Fsp3) is 0.0769. The van der Waals surface area contributed by atoms with Gasteiger partial charge in [-0.2, -0.15) is 0 Å². The van der Waals surface area contributed by atoms with Gasteiger partial charge in [0.2, 0.25) is 0 Å². The maximum atomic E-state index is 5.41. The quantitative estimate of drug-likeness (QED) is 0.664. The molecule has 0 saturated heterocycles. The minimum Gasteiger partial charge on any atom is -0.490 e. The molecule has 69 valence electrons. The van der Waals surface area contributed by atoms with Crippen molar-refractivity contribution in [1.29, 1.82) is 0 Å². The summed E-state index contributed by atoms with van der Waals surface area (Å²) in [5, 5.41) is 2.26. The van der Waals surface area contributed by atoms with E-state index < -0.39 is 0 Å². The van der Waals surface area contributed by atoms with Gasteiger partial charge in [0.1, 0.15) is 12.4 Å². The average molecular weight is 183 g/mol. The van der Waals surface area contributed by atoms with Gasteiger partial charge < -0.3 is 4.74 Å². The molecule has 1 nitrogen and oxygen atoms in total. The van der Waals surface area contributed by atoms with E-state index in [4.69, 9.17) is 4.74 Å². The molecule has 1 radical (unpaired) electrons. The number of benzene rings is 2. The maximum Gasteiger partial charge on any atom is 0.121 e. The highest BCUT2D eigenvalue weighted by Gasteiger charge is 1.95. The molecular weight excluding hydrogens is 172 g/mol. The molecule has 0 heterocycles. The SMILES string of the molecule is C=CCOc1c[c]c2ccccc2c1. The fourth-order valence-electron chi connectivity index (χ4n) is 1.34. The molecule has 14 heavy (non-hydrogen) atoms. The highest BCUT2D eigenvalue weighted by Crippen LogP contribution is 2.19. The van der Waals surface area contributed by atoms with Crippen molar-refractivity contribution < 1.29 is 4.74 Å². The van der Waals surface area contributed by atoms with E-state index in [1.807, 2.05) is 36.4 Å². The van der Waals surface area contributed by atoms with Crippen molar-refractivity contribution in [3.8, 4) is 5.75 Å². The van der Waals surface area contributed by atoms with Gasteiger partial charge in [-0.1, -0.05) is 36.9 Å². The molecule has 0 N–H and O–H groups in total. The van der Waals surface area contributed by atoms with Crippen molar-refractivity contribution in [2.45, 2.75) is 0 Å². The Morgan fingerprint density at radius 3 is 3.07 bits per heavy atom. The second-order valence-corrected chi connectivity index (χ2v) is 3.02. The Balaban J connectivity index is 2.36. The normalized spacial score (nSPS) is 10.0. The Hall–Kier alpha value is -1.76. The van der Waals surface area contributed by atoms with Gasteiger partial charge in [-0.05, 0) is 29.0 Å². The van der Waals surface area contributed by atoms with Gasteiger partial charge in [0.25, 0.3) is 0 Å². The van der Waals surface area contributed by atoms with Crippen LogP contribution in [0.3, 0.4) is 0 Å². The van der Waals surface area contributed by atoms with Crippen molar-refractivity contribution in [1.82, 2.24) is 0 Å². The number of ether oxygens (including phenoxy) is 1. The van der Waals surface area contributed by atoms with Crippen LogP contribution in [0.4, 0.5) is 0 Å². The molecule has 0 aliphatic rings. The molecule has 2 aromatic carbocycles. The van der Waals surface area contributed by atoms with Crippen LogP contribution in [0.5, 0.6) is 5.75 Å². The largest absolute Gasteiger partial charge is 0.490 e. The van der Waals surface area contributed by atoms with Crippen molar-refractivity contribution in [3.05, 3.63) is 55.1 Å². The summed E-state index contributed by atoms with van der Waals surface area (Å²) < 4.78 is 5.41. The van der Waals surface area contributed by atoms with E-state index in [1.54, 1.807) is 6.08 Å². The van der Waals surface area contributed by atoms with E-state index in [1.165, 1.54) is 0 Å². The molecule has 0 aliphatic carbocycles. The van der Waals surface area contributed by atoms with Crippen LogP contribution in [0.15, 0.2) is 49.1 Å². The predicted molar refractivity (Wildman–Crippen MR) is 58.5 cm³/mol. The summed E-state index contributed by atoms with van der Waals surface area (Å²) in [6, 6.07) is 15.1. The molecule has 2 rings (SSSR count). The van der Waals surface area contributed by atoms with Gasteiger partial charge >= 0.3 is 0 Å². The molecule has 0 unspecified atom stereocenters. The lowest BCUT2D eigenvalue weighted by Crippen LogP contribution is -1.92. The Morgan fingerprint density at radius 2 is 2.21 bits per heavy atom. The second kappa shape index (κ2) is 3.97. The maximum absolute atomic E-state index is 5.41.